The standard InChI is InChI=1S/C16H16ClFO/c1-10-3-4-11(2)14(7-10)16(19)8-12-5-6-13(18)9-15(12)17/h3-7,9,16,19H,8H2,1-2H3. The van der Waals surface area contributed by atoms with Gasteiger partial charge in [0.2, 0.25) is 0 Å². The molecular weight excluding hydrogens is 263 g/mol. The number of rotatable bonds is 3. The summed E-state index contributed by atoms with van der Waals surface area (Å²) in [5.74, 6) is -0.366. The van der Waals surface area contributed by atoms with Crippen LogP contribution in [0.3, 0.4) is 0 Å². The molecule has 0 aliphatic heterocycles. The van der Waals surface area contributed by atoms with E-state index in [1.54, 1.807) is 6.07 Å². The molecule has 0 bridgehead atoms. The summed E-state index contributed by atoms with van der Waals surface area (Å²) in [4.78, 5) is 0. The maximum absolute atomic E-state index is 13.0. The number of aliphatic hydroxyl groups is 1. The molecule has 1 N–H and O–H groups in total. The highest BCUT2D eigenvalue weighted by molar-refractivity contribution is 6.31. The van der Waals surface area contributed by atoms with Gasteiger partial charge in [-0.1, -0.05) is 41.4 Å². The average molecular weight is 279 g/mol. The minimum Gasteiger partial charge on any atom is -0.388 e. The van der Waals surface area contributed by atoms with Crippen LogP contribution < -0.4 is 0 Å². The van der Waals surface area contributed by atoms with E-state index in [0.717, 1.165) is 22.3 Å². The van der Waals surface area contributed by atoms with Crippen molar-refractivity contribution in [2.45, 2.75) is 26.4 Å². The van der Waals surface area contributed by atoms with Crippen molar-refractivity contribution in [3.05, 3.63) is 69.5 Å². The molecule has 0 heterocycles. The van der Waals surface area contributed by atoms with Gasteiger partial charge in [0.05, 0.1) is 6.10 Å². The Labute approximate surface area is 117 Å². The van der Waals surface area contributed by atoms with E-state index in [4.69, 9.17) is 11.6 Å². The first-order valence-electron chi connectivity index (χ1n) is 6.16. The second-order valence-electron chi connectivity index (χ2n) is 4.82. The van der Waals surface area contributed by atoms with Gasteiger partial charge in [0.1, 0.15) is 5.82 Å². The molecule has 1 atom stereocenters. The first-order valence-corrected chi connectivity index (χ1v) is 6.54. The van der Waals surface area contributed by atoms with Gasteiger partial charge in [0.15, 0.2) is 0 Å². The summed E-state index contributed by atoms with van der Waals surface area (Å²) in [6.45, 7) is 3.95. The molecular formula is C16H16ClFO. The third-order valence-electron chi connectivity index (χ3n) is 3.22. The van der Waals surface area contributed by atoms with Gasteiger partial charge in [-0.05, 0) is 42.7 Å². The number of benzene rings is 2. The van der Waals surface area contributed by atoms with Crippen LogP contribution >= 0.6 is 11.6 Å². The van der Waals surface area contributed by atoms with E-state index < -0.39 is 6.10 Å². The zero-order chi connectivity index (χ0) is 14.0. The van der Waals surface area contributed by atoms with Crippen molar-refractivity contribution in [3.63, 3.8) is 0 Å². The highest BCUT2D eigenvalue weighted by Crippen LogP contribution is 2.26. The van der Waals surface area contributed by atoms with Crippen LogP contribution in [0.4, 0.5) is 4.39 Å². The summed E-state index contributed by atoms with van der Waals surface area (Å²) in [7, 11) is 0. The molecule has 0 saturated heterocycles. The third kappa shape index (κ3) is 3.34. The van der Waals surface area contributed by atoms with Crippen LogP contribution in [-0.4, -0.2) is 5.11 Å². The molecule has 100 valence electrons. The second-order valence-corrected chi connectivity index (χ2v) is 5.22. The first kappa shape index (κ1) is 14.0. The van der Waals surface area contributed by atoms with Crippen molar-refractivity contribution in [1.29, 1.82) is 0 Å². The van der Waals surface area contributed by atoms with Crippen molar-refractivity contribution in [3.8, 4) is 0 Å². The largest absolute Gasteiger partial charge is 0.388 e. The van der Waals surface area contributed by atoms with Gasteiger partial charge in [-0.2, -0.15) is 0 Å². The zero-order valence-corrected chi connectivity index (χ0v) is 11.7. The van der Waals surface area contributed by atoms with Gasteiger partial charge in [-0.15, -0.1) is 0 Å². The minimum atomic E-state index is -0.636. The summed E-state index contributed by atoms with van der Waals surface area (Å²) < 4.78 is 13.0. The predicted molar refractivity (Wildman–Crippen MR) is 76.0 cm³/mol. The molecule has 2 aromatic rings. The molecule has 1 unspecified atom stereocenters. The molecule has 0 aliphatic carbocycles. The number of hydrogen-bond acceptors (Lipinski definition) is 1. The van der Waals surface area contributed by atoms with Crippen LogP contribution in [0, 0.1) is 19.7 Å². The summed E-state index contributed by atoms with van der Waals surface area (Å²) in [6, 6.07) is 10.2. The van der Waals surface area contributed by atoms with E-state index in [1.165, 1.54) is 12.1 Å². The van der Waals surface area contributed by atoms with E-state index in [1.807, 2.05) is 32.0 Å². The van der Waals surface area contributed by atoms with Crippen LogP contribution in [0.15, 0.2) is 36.4 Å². The minimum absolute atomic E-state index is 0.351. The maximum Gasteiger partial charge on any atom is 0.124 e. The van der Waals surface area contributed by atoms with Gasteiger partial charge in [-0.25, -0.2) is 4.39 Å². The Morgan fingerprint density at radius 1 is 1.16 bits per heavy atom. The fourth-order valence-electron chi connectivity index (χ4n) is 2.12. The monoisotopic (exact) mass is 278 g/mol. The van der Waals surface area contributed by atoms with Crippen LogP contribution in [0.25, 0.3) is 0 Å². The second kappa shape index (κ2) is 5.72. The summed E-state index contributed by atoms with van der Waals surface area (Å²) in [5, 5.41) is 10.7. The molecule has 0 aliphatic rings. The number of aliphatic hydroxyl groups excluding tert-OH is 1. The Bertz CT molecular complexity index is 595. The van der Waals surface area contributed by atoms with E-state index in [2.05, 4.69) is 0 Å². The summed E-state index contributed by atoms with van der Waals surface area (Å²) >= 11 is 5.98. The number of halogens is 2. The van der Waals surface area contributed by atoms with Gasteiger partial charge in [-0.3, -0.25) is 0 Å². The van der Waals surface area contributed by atoms with Gasteiger partial charge in [0, 0.05) is 11.4 Å². The van der Waals surface area contributed by atoms with E-state index in [-0.39, 0.29) is 5.82 Å². The molecule has 19 heavy (non-hydrogen) atoms. The topological polar surface area (TPSA) is 20.2 Å². The maximum atomic E-state index is 13.0. The lowest BCUT2D eigenvalue weighted by Crippen LogP contribution is -2.05. The highest BCUT2D eigenvalue weighted by Gasteiger charge is 2.13. The first-order chi connectivity index (χ1) is 8.97. The van der Waals surface area contributed by atoms with Gasteiger partial charge in [0.25, 0.3) is 0 Å². The highest BCUT2D eigenvalue weighted by atomic mass is 35.5. The Morgan fingerprint density at radius 2 is 1.89 bits per heavy atom. The van der Waals surface area contributed by atoms with Gasteiger partial charge >= 0.3 is 0 Å². The molecule has 2 aromatic carbocycles. The Morgan fingerprint density at radius 3 is 2.58 bits per heavy atom. The van der Waals surface area contributed by atoms with E-state index >= 15 is 0 Å². The number of aryl methyl sites for hydroxylation is 2. The lowest BCUT2D eigenvalue weighted by molar-refractivity contribution is 0.177. The van der Waals surface area contributed by atoms with Crippen molar-refractivity contribution in [2.24, 2.45) is 0 Å². The van der Waals surface area contributed by atoms with Gasteiger partial charge < -0.3 is 5.11 Å². The number of hydrogen-bond donors (Lipinski definition) is 1. The van der Waals surface area contributed by atoms with Crippen LogP contribution in [0.2, 0.25) is 5.02 Å². The molecule has 2 rings (SSSR count). The quantitative estimate of drug-likeness (QED) is 0.884. The molecule has 1 nitrogen and oxygen atoms in total. The van der Waals surface area contributed by atoms with Crippen molar-refractivity contribution in [2.75, 3.05) is 0 Å². The normalized spacial score (nSPS) is 12.5. The van der Waals surface area contributed by atoms with Crippen LogP contribution in [0.5, 0.6) is 0 Å². The zero-order valence-electron chi connectivity index (χ0n) is 11.0. The summed E-state index contributed by atoms with van der Waals surface area (Å²) in [6.07, 6.45) is -0.258. The van der Waals surface area contributed by atoms with Crippen molar-refractivity contribution < 1.29 is 9.50 Å². The molecule has 0 radical (unpaired) electrons. The molecule has 0 saturated carbocycles. The smallest absolute Gasteiger partial charge is 0.124 e. The third-order valence-corrected chi connectivity index (χ3v) is 3.57. The Balaban J connectivity index is 2.25. The van der Waals surface area contributed by atoms with E-state index in [0.29, 0.717) is 11.4 Å². The average Bonchev–Trinajstić information content (AvgIpc) is 2.35. The predicted octanol–water partition coefficient (Wildman–Crippen LogP) is 4.37. The fourth-order valence-corrected chi connectivity index (χ4v) is 2.37. The van der Waals surface area contributed by atoms with Crippen molar-refractivity contribution >= 4 is 11.6 Å². The lowest BCUT2D eigenvalue weighted by atomic mass is 9.96. The fraction of sp³-hybridized carbons (Fsp3) is 0.250. The molecule has 0 amide bonds. The molecule has 0 fully saturated rings. The molecule has 0 spiro atoms. The summed E-state index contributed by atoms with van der Waals surface area (Å²) in [5.41, 5.74) is 3.78. The molecule has 3 heteroatoms. The van der Waals surface area contributed by atoms with Crippen molar-refractivity contribution in [1.82, 2.24) is 0 Å². The Kier molecular flexibility index (Phi) is 4.23. The molecule has 0 aromatic heterocycles. The lowest BCUT2D eigenvalue weighted by Gasteiger charge is -2.15. The Hall–Kier alpha value is -1.38. The van der Waals surface area contributed by atoms with Crippen LogP contribution in [0.1, 0.15) is 28.4 Å². The van der Waals surface area contributed by atoms with Crippen LogP contribution in [-0.2, 0) is 6.42 Å². The SMILES string of the molecule is Cc1ccc(C)c(C(O)Cc2ccc(F)cc2Cl)c1. The van der Waals surface area contributed by atoms with E-state index in [9.17, 15) is 9.50 Å².